The monoisotopic (exact) mass is 251 g/mol. The Morgan fingerprint density at radius 1 is 1.47 bits per heavy atom. The second kappa shape index (κ2) is 4.92. The molecule has 2 rings (SSSR count). The van der Waals surface area contributed by atoms with Crippen molar-refractivity contribution in [3.05, 3.63) is 47.6 Å². The average Bonchev–Trinajstić information content (AvgIpc) is 2.80. The van der Waals surface area contributed by atoms with Crippen LogP contribution in [0.1, 0.15) is 11.3 Å². The maximum Gasteiger partial charge on any atom is 0.155 e. The molecule has 0 bridgehead atoms. The highest BCUT2D eigenvalue weighted by Crippen LogP contribution is 2.17. The largest absolute Gasteiger partial charge is 0.389 e. The van der Waals surface area contributed by atoms with E-state index in [0.29, 0.717) is 23.6 Å². The highest BCUT2D eigenvalue weighted by atomic mass is 32.1. The predicted molar refractivity (Wildman–Crippen MR) is 66.1 cm³/mol. The van der Waals surface area contributed by atoms with Gasteiger partial charge in [-0.2, -0.15) is 0 Å². The second-order valence-electron chi connectivity index (χ2n) is 3.39. The van der Waals surface area contributed by atoms with E-state index < -0.39 is 0 Å². The lowest BCUT2D eigenvalue weighted by atomic mass is 10.1. The van der Waals surface area contributed by atoms with Crippen molar-refractivity contribution in [1.82, 2.24) is 5.16 Å². The second-order valence-corrected chi connectivity index (χ2v) is 3.83. The molecule has 1 aromatic heterocycles. The first-order chi connectivity index (χ1) is 8.16. The van der Waals surface area contributed by atoms with Crippen LogP contribution in [0.3, 0.4) is 0 Å². The third-order valence-electron chi connectivity index (χ3n) is 2.19. The summed E-state index contributed by atoms with van der Waals surface area (Å²) in [5, 5.41) is 6.64. The summed E-state index contributed by atoms with van der Waals surface area (Å²) in [5.41, 5.74) is 6.66. The van der Waals surface area contributed by atoms with E-state index in [9.17, 15) is 4.39 Å². The van der Waals surface area contributed by atoms with Gasteiger partial charge in [-0.25, -0.2) is 4.39 Å². The van der Waals surface area contributed by atoms with E-state index >= 15 is 0 Å². The molecule has 0 saturated carbocycles. The fraction of sp³-hybridized carbons (Fsp3) is 0.0909. The van der Waals surface area contributed by atoms with Crippen LogP contribution in [0.2, 0.25) is 0 Å². The summed E-state index contributed by atoms with van der Waals surface area (Å²) in [5.74, 6) is 0.293. The molecule has 0 spiro atoms. The number of halogens is 1. The van der Waals surface area contributed by atoms with Gasteiger partial charge < -0.3 is 15.6 Å². The summed E-state index contributed by atoms with van der Waals surface area (Å²) in [7, 11) is 0. The number of nitrogens with two attached hydrogens (primary N) is 1. The molecule has 0 fully saturated rings. The van der Waals surface area contributed by atoms with Crippen LogP contribution in [0, 0.1) is 5.82 Å². The van der Waals surface area contributed by atoms with Crippen molar-refractivity contribution in [3.63, 3.8) is 0 Å². The zero-order valence-corrected chi connectivity index (χ0v) is 9.63. The smallest absolute Gasteiger partial charge is 0.155 e. The van der Waals surface area contributed by atoms with E-state index in [1.807, 2.05) is 0 Å². The van der Waals surface area contributed by atoms with E-state index in [1.165, 1.54) is 12.1 Å². The maximum absolute atomic E-state index is 13.0. The molecule has 6 heteroatoms. The minimum Gasteiger partial charge on any atom is -0.389 e. The van der Waals surface area contributed by atoms with Crippen LogP contribution in [-0.4, -0.2) is 10.1 Å². The Morgan fingerprint density at radius 3 is 2.94 bits per heavy atom. The van der Waals surface area contributed by atoms with Crippen LogP contribution in [0.5, 0.6) is 0 Å². The van der Waals surface area contributed by atoms with Crippen LogP contribution in [0.4, 0.5) is 10.1 Å². The van der Waals surface area contributed by atoms with Crippen LogP contribution < -0.4 is 11.1 Å². The highest BCUT2D eigenvalue weighted by molar-refractivity contribution is 7.80. The fourth-order valence-electron chi connectivity index (χ4n) is 1.39. The molecule has 0 aliphatic rings. The van der Waals surface area contributed by atoms with Crippen molar-refractivity contribution >= 4 is 22.9 Å². The Balaban J connectivity index is 2.17. The molecule has 0 radical (unpaired) electrons. The third-order valence-corrected chi connectivity index (χ3v) is 2.41. The Bertz CT molecular complexity index is 528. The van der Waals surface area contributed by atoms with Gasteiger partial charge in [0.25, 0.3) is 0 Å². The van der Waals surface area contributed by atoms with E-state index in [-0.39, 0.29) is 10.8 Å². The molecule has 0 aliphatic heterocycles. The molecule has 0 amide bonds. The highest BCUT2D eigenvalue weighted by Gasteiger charge is 2.07. The summed E-state index contributed by atoms with van der Waals surface area (Å²) >= 11 is 4.86. The summed E-state index contributed by atoms with van der Waals surface area (Å²) in [6.45, 7) is 0.432. The number of thiocarbonyl (C=S) groups is 1. The molecule has 17 heavy (non-hydrogen) atoms. The number of aromatic nitrogens is 1. The lowest BCUT2D eigenvalue weighted by Gasteiger charge is -2.09. The number of nitrogens with one attached hydrogen (secondary N) is 1. The lowest BCUT2D eigenvalue weighted by molar-refractivity contribution is 0.388. The Morgan fingerprint density at radius 2 is 2.29 bits per heavy atom. The van der Waals surface area contributed by atoms with Gasteiger partial charge in [0.1, 0.15) is 10.8 Å². The molecule has 0 saturated heterocycles. The Hall–Kier alpha value is -1.95. The number of hydrogen-bond acceptors (Lipinski definition) is 4. The van der Waals surface area contributed by atoms with Gasteiger partial charge in [0, 0.05) is 17.3 Å². The van der Waals surface area contributed by atoms with Gasteiger partial charge in [0.2, 0.25) is 0 Å². The summed E-state index contributed by atoms with van der Waals surface area (Å²) in [4.78, 5) is 0.143. The summed E-state index contributed by atoms with van der Waals surface area (Å²) < 4.78 is 18.0. The van der Waals surface area contributed by atoms with E-state index in [2.05, 4.69) is 10.5 Å². The van der Waals surface area contributed by atoms with Gasteiger partial charge in [-0.1, -0.05) is 17.4 Å². The maximum atomic E-state index is 13.0. The number of rotatable bonds is 4. The fourth-order valence-corrected chi connectivity index (χ4v) is 1.56. The first kappa shape index (κ1) is 11.5. The van der Waals surface area contributed by atoms with Gasteiger partial charge in [0.05, 0.1) is 12.7 Å². The van der Waals surface area contributed by atoms with Crippen LogP contribution in [0.15, 0.2) is 35.0 Å². The molecule has 0 unspecified atom stereocenters. The van der Waals surface area contributed by atoms with Gasteiger partial charge in [-0.15, -0.1) is 0 Å². The summed E-state index contributed by atoms with van der Waals surface area (Å²) in [6, 6.07) is 5.95. The first-order valence-electron chi connectivity index (χ1n) is 4.89. The number of hydrogen-bond donors (Lipinski definition) is 2. The molecule has 4 nitrogen and oxygen atoms in total. The average molecular weight is 251 g/mol. The molecule has 0 atom stereocenters. The van der Waals surface area contributed by atoms with Crippen molar-refractivity contribution in [1.29, 1.82) is 0 Å². The van der Waals surface area contributed by atoms with Crippen molar-refractivity contribution in [2.75, 3.05) is 5.32 Å². The number of anilines is 1. The minimum absolute atomic E-state index is 0.143. The third kappa shape index (κ3) is 2.79. The lowest BCUT2D eigenvalue weighted by Crippen LogP contribution is -2.13. The molecule has 1 aromatic carbocycles. The van der Waals surface area contributed by atoms with Gasteiger partial charge in [-0.3, -0.25) is 0 Å². The van der Waals surface area contributed by atoms with Crippen LogP contribution in [-0.2, 0) is 6.54 Å². The normalized spacial score (nSPS) is 10.2. The SMILES string of the molecule is NC(=S)c1cc(F)ccc1NCc1ccno1. The van der Waals surface area contributed by atoms with E-state index in [0.717, 1.165) is 0 Å². The molecule has 3 N–H and O–H groups in total. The van der Waals surface area contributed by atoms with Gasteiger partial charge in [0.15, 0.2) is 5.76 Å². The Labute approximate surface area is 103 Å². The molecule has 2 aromatic rings. The zero-order valence-electron chi connectivity index (χ0n) is 8.81. The number of nitrogens with zero attached hydrogens (tertiary/aromatic N) is 1. The van der Waals surface area contributed by atoms with Gasteiger partial charge in [-0.05, 0) is 18.2 Å². The van der Waals surface area contributed by atoms with E-state index in [1.54, 1.807) is 18.3 Å². The predicted octanol–water partition coefficient (Wildman–Crippen LogP) is 2.06. The molecular formula is C11H10FN3OS. The molecule has 88 valence electrons. The van der Waals surface area contributed by atoms with Gasteiger partial charge >= 0.3 is 0 Å². The quantitative estimate of drug-likeness (QED) is 0.814. The molecule has 1 heterocycles. The topological polar surface area (TPSA) is 64.1 Å². The molecule has 0 aliphatic carbocycles. The van der Waals surface area contributed by atoms with Crippen LogP contribution >= 0.6 is 12.2 Å². The molecular weight excluding hydrogens is 241 g/mol. The first-order valence-corrected chi connectivity index (χ1v) is 5.30. The minimum atomic E-state index is -0.377. The standard InChI is InChI=1S/C11H10FN3OS/c12-7-1-2-10(9(5-7)11(13)17)14-6-8-3-4-15-16-8/h1-5,14H,6H2,(H2,13,17). The summed E-state index contributed by atoms with van der Waals surface area (Å²) in [6.07, 6.45) is 1.55. The van der Waals surface area contributed by atoms with Crippen molar-refractivity contribution < 1.29 is 8.91 Å². The number of benzene rings is 1. The van der Waals surface area contributed by atoms with E-state index in [4.69, 9.17) is 22.5 Å². The zero-order chi connectivity index (χ0) is 12.3. The van der Waals surface area contributed by atoms with Crippen molar-refractivity contribution in [3.8, 4) is 0 Å². The van der Waals surface area contributed by atoms with Crippen molar-refractivity contribution in [2.24, 2.45) is 5.73 Å². The van der Waals surface area contributed by atoms with Crippen molar-refractivity contribution in [2.45, 2.75) is 6.54 Å². The van der Waals surface area contributed by atoms with Crippen LogP contribution in [0.25, 0.3) is 0 Å². The Kier molecular flexibility index (Phi) is 3.34.